The van der Waals surface area contributed by atoms with Crippen LogP contribution >= 0.6 is 11.6 Å². The van der Waals surface area contributed by atoms with Crippen molar-refractivity contribution in [2.24, 2.45) is 0 Å². The lowest BCUT2D eigenvalue weighted by Crippen LogP contribution is -2.15. The van der Waals surface area contributed by atoms with Crippen LogP contribution < -0.4 is 4.74 Å². The van der Waals surface area contributed by atoms with Crippen LogP contribution in [0.4, 0.5) is 0 Å². The molecule has 2 rings (SSSR count). The molecule has 0 radical (unpaired) electrons. The Kier molecular flexibility index (Phi) is 4.90. The Bertz CT molecular complexity index is 382. The van der Waals surface area contributed by atoms with Crippen LogP contribution in [0.2, 0.25) is 5.02 Å². The van der Waals surface area contributed by atoms with Gasteiger partial charge < -0.3 is 9.84 Å². The highest BCUT2D eigenvalue weighted by Crippen LogP contribution is 2.31. The van der Waals surface area contributed by atoms with Crippen LogP contribution in [0.25, 0.3) is 0 Å². The van der Waals surface area contributed by atoms with Gasteiger partial charge in [-0.2, -0.15) is 0 Å². The molecule has 1 N–H and O–H groups in total. The number of ether oxygens (including phenoxy) is 1. The smallest absolute Gasteiger partial charge is 0.138 e. The molecule has 0 saturated heterocycles. The summed E-state index contributed by atoms with van der Waals surface area (Å²) in [7, 11) is 0. The van der Waals surface area contributed by atoms with Crippen molar-refractivity contribution in [3.63, 3.8) is 0 Å². The van der Waals surface area contributed by atoms with E-state index in [0.29, 0.717) is 11.1 Å². The molecule has 1 saturated carbocycles. The zero-order valence-corrected chi connectivity index (χ0v) is 11.6. The first-order valence-corrected chi connectivity index (χ1v) is 7.19. The number of hydrogen-bond donors (Lipinski definition) is 1. The number of hydrogen-bond acceptors (Lipinski definition) is 2. The zero-order chi connectivity index (χ0) is 13.0. The number of benzene rings is 1. The second-order valence-corrected chi connectivity index (χ2v) is 5.50. The van der Waals surface area contributed by atoms with Crippen molar-refractivity contribution >= 4 is 11.6 Å². The Morgan fingerprint density at radius 3 is 2.44 bits per heavy atom. The molecule has 3 heteroatoms. The molecular formula is C15H21ClO2. The SMILES string of the molecule is C[C@H](O)c1ccc(OC2CCCCCC2)c(Cl)c1. The van der Waals surface area contributed by atoms with Gasteiger partial charge in [-0.15, -0.1) is 0 Å². The minimum atomic E-state index is -0.491. The quantitative estimate of drug-likeness (QED) is 0.818. The van der Waals surface area contributed by atoms with Crippen LogP contribution in [0.1, 0.15) is 57.1 Å². The first-order valence-electron chi connectivity index (χ1n) is 6.81. The van der Waals surface area contributed by atoms with Gasteiger partial charge in [-0.3, -0.25) is 0 Å². The molecule has 1 aromatic carbocycles. The van der Waals surface area contributed by atoms with Gasteiger partial charge in [0.25, 0.3) is 0 Å². The van der Waals surface area contributed by atoms with Crippen LogP contribution in [-0.2, 0) is 0 Å². The summed E-state index contributed by atoms with van der Waals surface area (Å²) >= 11 is 6.20. The highest BCUT2D eigenvalue weighted by atomic mass is 35.5. The van der Waals surface area contributed by atoms with E-state index in [1.807, 2.05) is 12.1 Å². The third-order valence-corrected chi connectivity index (χ3v) is 3.83. The summed E-state index contributed by atoms with van der Waals surface area (Å²) in [4.78, 5) is 0. The molecule has 1 aliphatic carbocycles. The lowest BCUT2D eigenvalue weighted by molar-refractivity contribution is 0.183. The molecule has 2 nitrogen and oxygen atoms in total. The fraction of sp³-hybridized carbons (Fsp3) is 0.600. The third kappa shape index (κ3) is 3.63. The summed E-state index contributed by atoms with van der Waals surface area (Å²) in [5.41, 5.74) is 0.827. The number of aliphatic hydroxyl groups is 1. The van der Waals surface area contributed by atoms with Gasteiger partial charge in [-0.25, -0.2) is 0 Å². The van der Waals surface area contributed by atoms with Crippen LogP contribution in [0, 0.1) is 0 Å². The Labute approximate surface area is 114 Å². The van der Waals surface area contributed by atoms with Crippen molar-refractivity contribution in [3.05, 3.63) is 28.8 Å². The van der Waals surface area contributed by atoms with E-state index in [1.165, 1.54) is 25.7 Å². The first-order chi connectivity index (χ1) is 8.66. The van der Waals surface area contributed by atoms with E-state index in [1.54, 1.807) is 13.0 Å². The predicted molar refractivity (Wildman–Crippen MR) is 74.2 cm³/mol. The average Bonchev–Trinajstić information content (AvgIpc) is 2.60. The standard InChI is InChI=1S/C15H21ClO2/c1-11(17)12-8-9-15(14(16)10-12)18-13-6-4-2-3-5-7-13/h8-11,13,17H,2-7H2,1H3/t11-/m0/s1. The maximum atomic E-state index is 9.50. The van der Waals surface area contributed by atoms with Gasteiger partial charge in [0.15, 0.2) is 0 Å². The third-order valence-electron chi connectivity index (χ3n) is 3.53. The van der Waals surface area contributed by atoms with E-state index < -0.39 is 6.10 Å². The molecule has 1 fully saturated rings. The molecule has 0 aromatic heterocycles. The Morgan fingerprint density at radius 2 is 1.89 bits per heavy atom. The molecule has 0 bridgehead atoms. The van der Waals surface area contributed by atoms with Crippen molar-refractivity contribution in [3.8, 4) is 5.75 Å². The van der Waals surface area contributed by atoms with Crippen LogP contribution in [0.3, 0.4) is 0 Å². The van der Waals surface area contributed by atoms with Gasteiger partial charge in [0.05, 0.1) is 17.2 Å². The van der Waals surface area contributed by atoms with Crippen molar-refractivity contribution in [1.82, 2.24) is 0 Å². The minimum absolute atomic E-state index is 0.294. The highest BCUT2D eigenvalue weighted by molar-refractivity contribution is 6.32. The molecule has 1 aliphatic rings. The topological polar surface area (TPSA) is 29.5 Å². The summed E-state index contributed by atoms with van der Waals surface area (Å²) in [5, 5.41) is 10.1. The molecule has 100 valence electrons. The van der Waals surface area contributed by atoms with Gasteiger partial charge in [-0.05, 0) is 50.3 Å². The van der Waals surface area contributed by atoms with Gasteiger partial charge in [0.1, 0.15) is 5.75 Å². The monoisotopic (exact) mass is 268 g/mol. The maximum Gasteiger partial charge on any atom is 0.138 e. The summed E-state index contributed by atoms with van der Waals surface area (Å²) in [6.45, 7) is 1.73. The van der Waals surface area contributed by atoms with E-state index in [-0.39, 0.29) is 0 Å². The minimum Gasteiger partial charge on any atom is -0.489 e. The first kappa shape index (κ1) is 13.7. The van der Waals surface area contributed by atoms with Crippen molar-refractivity contribution in [2.45, 2.75) is 57.7 Å². The van der Waals surface area contributed by atoms with E-state index in [2.05, 4.69) is 0 Å². The molecular weight excluding hydrogens is 248 g/mol. The summed E-state index contributed by atoms with van der Waals surface area (Å²) in [6.07, 6.45) is 7.16. The van der Waals surface area contributed by atoms with Crippen molar-refractivity contribution in [1.29, 1.82) is 0 Å². The van der Waals surface area contributed by atoms with Crippen LogP contribution in [0.15, 0.2) is 18.2 Å². The molecule has 0 spiro atoms. The molecule has 0 heterocycles. The number of halogens is 1. The van der Waals surface area contributed by atoms with Crippen molar-refractivity contribution < 1.29 is 9.84 Å². The zero-order valence-electron chi connectivity index (χ0n) is 10.9. The number of aliphatic hydroxyl groups excluding tert-OH is 1. The Hall–Kier alpha value is -0.730. The molecule has 0 amide bonds. The maximum absolute atomic E-state index is 9.50. The lowest BCUT2D eigenvalue weighted by Gasteiger charge is -2.18. The van der Waals surface area contributed by atoms with Gasteiger partial charge in [-0.1, -0.05) is 30.5 Å². The summed E-state index contributed by atoms with van der Waals surface area (Å²) in [5.74, 6) is 0.743. The predicted octanol–water partition coefficient (Wildman–Crippen LogP) is 4.49. The van der Waals surface area contributed by atoms with Gasteiger partial charge in [0.2, 0.25) is 0 Å². The van der Waals surface area contributed by atoms with Crippen LogP contribution in [0.5, 0.6) is 5.75 Å². The van der Waals surface area contributed by atoms with E-state index in [4.69, 9.17) is 16.3 Å². The highest BCUT2D eigenvalue weighted by Gasteiger charge is 2.15. The second-order valence-electron chi connectivity index (χ2n) is 5.10. The fourth-order valence-corrected chi connectivity index (χ4v) is 2.65. The van der Waals surface area contributed by atoms with E-state index in [0.717, 1.165) is 24.2 Å². The molecule has 0 unspecified atom stereocenters. The van der Waals surface area contributed by atoms with Crippen molar-refractivity contribution in [2.75, 3.05) is 0 Å². The van der Waals surface area contributed by atoms with Crippen LogP contribution in [-0.4, -0.2) is 11.2 Å². The second kappa shape index (κ2) is 6.44. The van der Waals surface area contributed by atoms with E-state index in [9.17, 15) is 5.11 Å². The normalized spacial score (nSPS) is 19.3. The van der Waals surface area contributed by atoms with Gasteiger partial charge in [0, 0.05) is 0 Å². The largest absolute Gasteiger partial charge is 0.489 e. The molecule has 0 aliphatic heterocycles. The molecule has 18 heavy (non-hydrogen) atoms. The molecule has 1 aromatic rings. The molecule has 1 atom stereocenters. The average molecular weight is 269 g/mol. The Morgan fingerprint density at radius 1 is 1.22 bits per heavy atom. The Balaban J connectivity index is 2.04. The fourth-order valence-electron chi connectivity index (χ4n) is 2.41. The summed E-state index contributed by atoms with van der Waals surface area (Å²) in [6, 6.07) is 5.54. The summed E-state index contributed by atoms with van der Waals surface area (Å²) < 4.78 is 5.99. The lowest BCUT2D eigenvalue weighted by atomic mass is 10.1. The number of rotatable bonds is 3. The van der Waals surface area contributed by atoms with Gasteiger partial charge >= 0.3 is 0 Å². The van der Waals surface area contributed by atoms with E-state index >= 15 is 0 Å².